The van der Waals surface area contributed by atoms with E-state index in [0.29, 0.717) is 11.1 Å². The highest BCUT2D eigenvalue weighted by atomic mass is 35.5. The van der Waals surface area contributed by atoms with Crippen LogP contribution in [0.25, 0.3) is 10.9 Å². The normalized spacial score (nSPS) is 19.1. The molecule has 0 bridgehead atoms. The first kappa shape index (κ1) is 13.6. The zero-order valence-corrected chi connectivity index (χ0v) is 12.1. The van der Waals surface area contributed by atoms with Gasteiger partial charge in [0.1, 0.15) is 12.1 Å². The van der Waals surface area contributed by atoms with Gasteiger partial charge < -0.3 is 10.1 Å². The van der Waals surface area contributed by atoms with Crippen LogP contribution in [0.4, 0.5) is 5.82 Å². The molecule has 1 saturated heterocycles. The van der Waals surface area contributed by atoms with Crippen molar-refractivity contribution in [3.63, 3.8) is 0 Å². The Kier molecular flexibility index (Phi) is 4.33. The van der Waals surface area contributed by atoms with E-state index in [1.54, 1.807) is 6.33 Å². The van der Waals surface area contributed by atoms with E-state index in [1.807, 2.05) is 18.2 Å². The highest BCUT2D eigenvalue weighted by molar-refractivity contribution is 6.31. The molecule has 20 heavy (non-hydrogen) atoms. The number of nitrogens with zero attached hydrogens (tertiary/aromatic N) is 2. The largest absolute Gasteiger partial charge is 0.378 e. The molecule has 0 saturated carbocycles. The lowest BCUT2D eigenvalue weighted by Gasteiger charge is -2.22. The Bertz CT molecular complexity index is 584. The van der Waals surface area contributed by atoms with Crippen LogP contribution in [0, 0.1) is 0 Å². The van der Waals surface area contributed by atoms with E-state index in [2.05, 4.69) is 15.3 Å². The summed E-state index contributed by atoms with van der Waals surface area (Å²) in [7, 11) is 0. The molecule has 0 amide bonds. The van der Waals surface area contributed by atoms with E-state index < -0.39 is 0 Å². The van der Waals surface area contributed by atoms with Crippen LogP contribution < -0.4 is 5.32 Å². The Balaban J connectivity index is 1.65. The van der Waals surface area contributed by atoms with Crippen molar-refractivity contribution in [3.05, 3.63) is 29.5 Å². The third-order valence-corrected chi connectivity index (χ3v) is 3.87. The first-order valence-corrected chi connectivity index (χ1v) is 7.46. The van der Waals surface area contributed by atoms with Gasteiger partial charge in [0, 0.05) is 23.6 Å². The van der Waals surface area contributed by atoms with Crippen LogP contribution in [0.5, 0.6) is 0 Å². The summed E-state index contributed by atoms with van der Waals surface area (Å²) >= 11 is 5.98. The molecule has 2 aromatic rings. The molecule has 0 radical (unpaired) electrons. The number of halogens is 1. The molecular weight excluding hydrogens is 274 g/mol. The van der Waals surface area contributed by atoms with Gasteiger partial charge in [0.05, 0.1) is 11.6 Å². The number of anilines is 1. The van der Waals surface area contributed by atoms with Crippen molar-refractivity contribution in [2.75, 3.05) is 18.5 Å². The van der Waals surface area contributed by atoms with Crippen molar-refractivity contribution >= 4 is 28.3 Å². The van der Waals surface area contributed by atoms with Crippen LogP contribution in [0.1, 0.15) is 25.7 Å². The molecule has 0 spiro atoms. The molecule has 1 N–H and O–H groups in total. The van der Waals surface area contributed by atoms with Crippen molar-refractivity contribution in [3.8, 4) is 0 Å². The van der Waals surface area contributed by atoms with Crippen LogP contribution in [-0.2, 0) is 4.74 Å². The predicted molar refractivity (Wildman–Crippen MR) is 81.2 cm³/mol. The SMILES string of the molecule is Clc1ccc2c(NCCC3CCCCO3)ncnc2c1. The Morgan fingerprint density at radius 3 is 3.10 bits per heavy atom. The van der Waals surface area contributed by atoms with E-state index in [1.165, 1.54) is 19.3 Å². The monoisotopic (exact) mass is 291 g/mol. The van der Waals surface area contributed by atoms with Gasteiger partial charge in [-0.1, -0.05) is 11.6 Å². The number of hydrogen-bond donors (Lipinski definition) is 1. The van der Waals surface area contributed by atoms with Gasteiger partial charge in [0.2, 0.25) is 0 Å². The summed E-state index contributed by atoms with van der Waals surface area (Å²) in [6, 6.07) is 5.67. The first-order chi connectivity index (χ1) is 9.83. The summed E-state index contributed by atoms with van der Waals surface area (Å²) in [5.74, 6) is 0.863. The Morgan fingerprint density at radius 2 is 2.25 bits per heavy atom. The van der Waals surface area contributed by atoms with Crippen LogP contribution in [-0.4, -0.2) is 29.2 Å². The average Bonchev–Trinajstić information content (AvgIpc) is 2.48. The fraction of sp³-hybridized carbons (Fsp3) is 0.467. The summed E-state index contributed by atoms with van der Waals surface area (Å²) in [6.07, 6.45) is 6.61. The van der Waals surface area contributed by atoms with E-state index in [9.17, 15) is 0 Å². The number of benzene rings is 1. The third-order valence-electron chi connectivity index (χ3n) is 3.63. The lowest BCUT2D eigenvalue weighted by atomic mass is 10.1. The minimum atomic E-state index is 0.388. The molecule has 1 aromatic carbocycles. The Labute approximate surface area is 123 Å². The van der Waals surface area contributed by atoms with Crippen molar-refractivity contribution in [1.29, 1.82) is 0 Å². The second-order valence-electron chi connectivity index (χ2n) is 5.09. The number of fused-ring (bicyclic) bond motifs is 1. The molecule has 1 fully saturated rings. The molecule has 5 heteroatoms. The summed E-state index contributed by atoms with van der Waals surface area (Å²) in [4.78, 5) is 8.55. The predicted octanol–water partition coefficient (Wildman–Crippen LogP) is 3.65. The lowest BCUT2D eigenvalue weighted by Crippen LogP contribution is -2.22. The minimum absolute atomic E-state index is 0.388. The summed E-state index contributed by atoms with van der Waals surface area (Å²) in [5, 5.41) is 5.07. The van der Waals surface area contributed by atoms with Crippen LogP contribution in [0.3, 0.4) is 0 Å². The molecule has 1 unspecified atom stereocenters. The maximum atomic E-state index is 5.98. The van der Waals surface area contributed by atoms with Crippen molar-refractivity contribution in [2.45, 2.75) is 31.8 Å². The third kappa shape index (κ3) is 3.19. The molecule has 106 valence electrons. The number of aromatic nitrogens is 2. The summed E-state index contributed by atoms with van der Waals surface area (Å²) in [6.45, 7) is 1.76. The van der Waals surface area contributed by atoms with E-state index in [4.69, 9.17) is 16.3 Å². The zero-order chi connectivity index (χ0) is 13.8. The van der Waals surface area contributed by atoms with Gasteiger partial charge >= 0.3 is 0 Å². The molecule has 1 aliphatic heterocycles. The minimum Gasteiger partial charge on any atom is -0.378 e. The molecule has 1 atom stereocenters. The quantitative estimate of drug-likeness (QED) is 0.934. The lowest BCUT2D eigenvalue weighted by molar-refractivity contribution is 0.0134. The van der Waals surface area contributed by atoms with E-state index in [-0.39, 0.29) is 0 Å². The molecule has 3 rings (SSSR count). The molecular formula is C15H18ClN3O. The van der Waals surface area contributed by atoms with Gasteiger partial charge in [0.25, 0.3) is 0 Å². The fourth-order valence-corrected chi connectivity index (χ4v) is 2.72. The molecule has 2 heterocycles. The first-order valence-electron chi connectivity index (χ1n) is 7.09. The second-order valence-corrected chi connectivity index (χ2v) is 5.52. The van der Waals surface area contributed by atoms with E-state index >= 15 is 0 Å². The average molecular weight is 292 g/mol. The fourth-order valence-electron chi connectivity index (χ4n) is 2.56. The molecule has 4 nitrogen and oxygen atoms in total. The van der Waals surface area contributed by atoms with E-state index in [0.717, 1.165) is 36.3 Å². The number of hydrogen-bond acceptors (Lipinski definition) is 4. The van der Waals surface area contributed by atoms with Crippen molar-refractivity contribution < 1.29 is 4.74 Å². The summed E-state index contributed by atoms with van der Waals surface area (Å²) in [5.41, 5.74) is 0.865. The molecule has 1 aromatic heterocycles. The number of ether oxygens (including phenoxy) is 1. The second kappa shape index (κ2) is 6.37. The van der Waals surface area contributed by atoms with Gasteiger partial charge in [-0.05, 0) is 43.9 Å². The maximum Gasteiger partial charge on any atom is 0.137 e. The molecule has 0 aliphatic carbocycles. The summed E-state index contributed by atoms with van der Waals surface area (Å²) < 4.78 is 5.73. The van der Waals surface area contributed by atoms with Gasteiger partial charge in [0.15, 0.2) is 0 Å². The Hall–Kier alpha value is -1.39. The molecule has 1 aliphatic rings. The highest BCUT2D eigenvalue weighted by Gasteiger charge is 2.13. The Morgan fingerprint density at radius 1 is 1.30 bits per heavy atom. The zero-order valence-electron chi connectivity index (χ0n) is 11.3. The van der Waals surface area contributed by atoms with Crippen LogP contribution in [0.2, 0.25) is 5.02 Å². The smallest absolute Gasteiger partial charge is 0.137 e. The van der Waals surface area contributed by atoms with Crippen molar-refractivity contribution in [2.24, 2.45) is 0 Å². The maximum absolute atomic E-state index is 5.98. The van der Waals surface area contributed by atoms with Crippen LogP contribution in [0.15, 0.2) is 24.5 Å². The van der Waals surface area contributed by atoms with Gasteiger partial charge in [-0.25, -0.2) is 9.97 Å². The van der Waals surface area contributed by atoms with Gasteiger partial charge in [-0.15, -0.1) is 0 Å². The number of rotatable bonds is 4. The van der Waals surface area contributed by atoms with Crippen LogP contribution >= 0.6 is 11.6 Å². The van der Waals surface area contributed by atoms with Crippen molar-refractivity contribution in [1.82, 2.24) is 9.97 Å². The number of nitrogens with one attached hydrogen (secondary N) is 1. The van der Waals surface area contributed by atoms with Gasteiger partial charge in [-0.2, -0.15) is 0 Å². The highest BCUT2D eigenvalue weighted by Crippen LogP contribution is 2.23. The topological polar surface area (TPSA) is 47.0 Å². The standard InChI is InChI=1S/C15H18ClN3O/c16-11-4-5-13-14(9-11)18-10-19-15(13)17-7-6-12-3-1-2-8-20-12/h4-5,9-10,12H,1-3,6-8H2,(H,17,18,19). The van der Waals surface area contributed by atoms with Gasteiger partial charge in [-0.3, -0.25) is 0 Å².